The number of hydrogen-bond donors (Lipinski definition) is 3. The number of aromatic hydroxyl groups is 1. The monoisotopic (exact) mass is 312 g/mol. The van der Waals surface area contributed by atoms with Crippen LogP contribution in [0.5, 0.6) is 11.5 Å². The van der Waals surface area contributed by atoms with Crippen LogP contribution in [-0.4, -0.2) is 31.5 Å². The van der Waals surface area contributed by atoms with Crippen LogP contribution >= 0.6 is 0 Å². The molecule has 118 valence electrons. The van der Waals surface area contributed by atoms with Gasteiger partial charge in [0, 0.05) is 18.0 Å². The van der Waals surface area contributed by atoms with Crippen LogP contribution in [0.3, 0.4) is 0 Å². The first-order chi connectivity index (χ1) is 11.2. The van der Waals surface area contributed by atoms with Gasteiger partial charge in [0.1, 0.15) is 0 Å². The van der Waals surface area contributed by atoms with Crippen molar-refractivity contribution in [3.05, 3.63) is 42.6 Å². The molecule has 0 radical (unpaired) electrons. The Bertz CT molecular complexity index is 803. The summed E-state index contributed by atoms with van der Waals surface area (Å²) in [6.45, 7) is 2.30. The van der Waals surface area contributed by atoms with Crippen molar-refractivity contribution in [2.45, 2.75) is 6.92 Å². The zero-order chi connectivity index (χ0) is 16.2. The van der Waals surface area contributed by atoms with Crippen molar-refractivity contribution in [3.8, 4) is 17.3 Å². The van der Waals surface area contributed by atoms with Crippen LogP contribution in [0.2, 0.25) is 0 Å². The largest absolute Gasteiger partial charge is 0.504 e. The molecule has 0 spiro atoms. The van der Waals surface area contributed by atoms with Gasteiger partial charge in [0.2, 0.25) is 11.9 Å². The summed E-state index contributed by atoms with van der Waals surface area (Å²) in [5, 5.41) is 17.0. The van der Waals surface area contributed by atoms with Crippen molar-refractivity contribution >= 4 is 17.6 Å². The number of phenols is 1. The van der Waals surface area contributed by atoms with Crippen LogP contribution in [-0.2, 0) is 0 Å². The van der Waals surface area contributed by atoms with E-state index in [4.69, 9.17) is 10.5 Å². The number of nitrogens with zero attached hydrogens (tertiary/aromatic N) is 4. The fraction of sp³-hybridized carbons (Fsp3) is 0.133. The van der Waals surface area contributed by atoms with Crippen LogP contribution in [0, 0.1) is 0 Å². The summed E-state index contributed by atoms with van der Waals surface area (Å²) in [5.41, 5.74) is 6.54. The molecule has 0 aliphatic rings. The lowest BCUT2D eigenvalue weighted by atomic mass is 10.3. The normalized spacial score (nSPS) is 10.5. The van der Waals surface area contributed by atoms with E-state index in [-0.39, 0.29) is 11.7 Å². The molecule has 0 unspecified atom stereocenters. The number of aromatic nitrogens is 4. The maximum absolute atomic E-state index is 9.71. The van der Waals surface area contributed by atoms with Crippen molar-refractivity contribution in [2.24, 2.45) is 0 Å². The van der Waals surface area contributed by atoms with Gasteiger partial charge in [-0.2, -0.15) is 9.67 Å². The minimum atomic E-state index is 0.0730. The first-order valence-electron chi connectivity index (χ1n) is 7.04. The molecule has 0 fully saturated rings. The lowest BCUT2D eigenvalue weighted by molar-refractivity contribution is 0.318. The lowest BCUT2D eigenvalue weighted by Gasteiger charge is -2.08. The Balaban J connectivity index is 1.85. The van der Waals surface area contributed by atoms with Gasteiger partial charge in [-0.1, -0.05) is 6.07 Å². The van der Waals surface area contributed by atoms with Crippen molar-refractivity contribution in [2.75, 3.05) is 17.7 Å². The minimum absolute atomic E-state index is 0.0730. The Morgan fingerprint density at radius 2 is 2.17 bits per heavy atom. The lowest BCUT2D eigenvalue weighted by Crippen LogP contribution is -2.04. The third-order valence-corrected chi connectivity index (χ3v) is 3.01. The maximum atomic E-state index is 9.71. The summed E-state index contributed by atoms with van der Waals surface area (Å²) in [4.78, 5) is 8.34. The fourth-order valence-corrected chi connectivity index (χ4v) is 2.02. The summed E-state index contributed by atoms with van der Waals surface area (Å²) < 4.78 is 6.78. The molecule has 0 aliphatic carbocycles. The number of nitrogens with two attached hydrogens (primary N) is 1. The Morgan fingerprint density at radius 3 is 2.91 bits per heavy atom. The number of ether oxygens (including phenoxy) is 1. The van der Waals surface area contributed by atoms with Crippen molar-refractivity contribution in [3.63, 3.8) is 0 Å². The molecule has 0 bridgehead atoms. The van der Waals surface area contributed by atoms with Crippen LogP contribution in [0.25, 0.3) is 5.82 Å². The average molecular weight is 312 g/mol. The number of nitrogen functional groups attached to an aromatic ring is 1. The number of hydrogen-bond acceptors (Lipinski definition) is 7. The highest BCUT2D eigenvalue weighted by Gasteiger charge is 2.11. The SMILES string of the molecule is CCOc1cc(Nc2nc(N)n(-c3ccccn3)n2)ccc1O. The molecule has 3 rings (SSSR count). The van der Waals surface area contributed by atoms with Crippen LogP contribution in [0.4, 0.5) is 17.6 Å². The van der Waals surface area contributed by atoms with E-state index in [0.717, 1.165) is 0 Å². The van der Waals surface area contributed by atoms with Gasteiger partial charge in [-0.15, -0.1) is 5.10 Å². The van der Waals surface area contributed by atoms with E-state index in [2.05, 4.69) is 20.4 Å². The van der Waals surface area contributed by atoms with Crippen LogP contribution in [0.15, 0.2) is 42.6 Å². The first kappa shape index (κ1) is 14.6. The molecule has 8 heteroatoms. The third-order valence-electron chi connectivity index (χ3n) is 3.01. The third kappa shape index (κ3) is 3.15. The standard InChI is InChI=1S/C15H16N6O2/c1-2-23-12-9-10(6-7-11(12)22)18-15-19-14(16)21(20-15)13-5-3-4-8-17-13/h3-9,22H,2H2,1H3,(H3,16,18,19,20). The molecule has 2 aromatic heterocycles. The highest BCUT2D eigenvalue weighted by atomic mass is 16.5. The molecule has 0 saturated carbocycles. The predicted molar refractivity (Wildman–Crippen MR) is 86.1 cm³/mol. The molecule has 3 aromatic rings. The predicted octanol–water partition coefficient (Wildman–Crippen LogP) is 2.09. The zero-order valence-corrected chi connectivity index (χ0v) is 12.5. The first-order valence-corrected chi connectivity index (χ1v) is 7.04. The maximum Gasteiger partial charge on any atom is 0.248 e. The summed E-state index contributed by atoms with van der Waals surface area (Å²) in [6, 6.07) is 10.3. The van der Waals surface area contributed by atoms with Crippen molar-refractivity contribution in [1.82, 2.24) is 19.7 Å². The topological polar surface area (TPSA) is 111 Å². The second-order valence-electron chi connectivity index (χ2n) is 4.63. The van der Waals surface area contributed by atoms with E-state index in [1.54, 1.807) is 24.4 Å². The molecule has 0 amide bonds. The Morgan fingerprint density at radius 1 is 1.30 bits per heavy atom. The van der Waals surface area contributed by atoms with Crippen LogP contribution in [0.1, 0.15) is 6.92 Å². The van der Waals surface area contributed by atoms with Gasteiger partial charge in [-0.3, -0.25) is 0 Å². The van der Waals surface area contributed by atoms with E-state index < -0.39 is 0 Å². The Labute approximate surface area is 132 Å². The van der Waals surface area contributed by atoms with Crippen molar-refractivity contribution in [1.29, 1.82) is 0 Å². The molecule has 0 aliphatic heterocycles. The number of nitrogens with one attached hydrogen (secondary N) is 1. The number of pyridine rings is 1. The van der Waals surface area contributed by atoms with Crippen LogP contribution < -0.4 is 15.8 Å². The quantitative estimate of drug-likeness (QED) is 0.618. The molecule has 0 saturated heterocycles. The van der Waals surface area contributed by atoms with Gasteiger partial charge in [0.25, 0.3) is 0 Å². The van der Waals surface area contributed by atoms with Gasteiger partial charge in [-0.25, -0.2) is 4.98 Å². The Hall–Kier alpha value is -3.29. The number of rotatable bonds is 5. The smallest absolute Gasteiger partial charge is 0.248 e. The van der Waals surface area contributed by atoms with E-state index in [9.17, 15) is 5.11 Å². The Kier molecular flexibility index (Phi) is 3.96. The summed E-state index contributed by atoms with van der Waals surface area (Å²) in [5.74, 6) is 1.57. The molecule has 2 heterocycles. The number of phenolic OH excluding ortho intramolecular Hbond substituents is 1. The second-order valence-corrected chi connectivity index (χ2v) is 4.63. The van der Waals surface area contributed by atoms with E-state index in [1.807, 2.05) is 19.1 Å². The number of benzene rings is 1. The van der Waals surface area contributed by atoms with Gasteiger partial charge in [-0.05, 0) is 31.2 Å². The highest BCUT2D eigenvalue weighted by Crippen LogP contribution is 2.30. The van der Waals surface area contributed by atoms with E-state index >= 15 is 0 Å². The van der Waals surface area contributed by atoms with E-state index in [1.165, 1.54) is 10.7 Å². The highest BCUT2D eigenvalue weighted by molar-refractivity contribution is 5.60. The van der Waals surface area contributed by atoms with Gasteiger partial charge < -0.3 is 20.9 Å². The second kappa shape index (κ2) is 6.22. The minimum Gasteiger partial charge on any atom is -0.504 e. The molecular formula is C15H16N6O2. The fourth-order valence-electron chi connectivity index (χ4n) is 2.02. The summed E-state index contributed by atoms with van der Waals surface area (Å²) in [7, 11) is 0. The molecule has 23 heavy (non-hydrogen) atoms. The van der Waals surface area contributed by atoms with E-state index in [0.29, 0.717) is 29.8 Å². The molecule has 4 N–H and O–H groups in total. The molecular weight excluding hydrogens is 296 g/mol. The van der Waals surface area contributed by atoms with Gasteiger partial charge >= 0.3 is 0 Å². The number of anilines is 3. The van der Waals surface area contributed by atoms with Crippen molar-refractivity contribution < 1.29 is 9.84 Å². The zero-order valence-electron chi connectivity index (χ0n) is 12.5. The molecule has 1 aromatic carbocycles. The molecule has 8 nitrogen and oxygen atoms in total. The summed E-state index contributed by atoms with van der Waals surface area (Å²) >= 11 is 0. The average Bonchev–Trinajstić information content (AvgIpc) is 2.92. The van der Waals surface area contributed by atoms with Gasteiger partial charge in [0.05, 0.1) is 6.61 Å². The van der Waals surface area contributed by atoms with Gasteiger partial charge in [0.15, 0.2) is 17.3 Å². The molecule has 0 atom stereocenters. The summed E-state index contributed by atoms with van der Waals surface area (Å²) in [6.07, 6.45) is 1.65.